The molecular weight excluding hydrogens is 328 g/mol. The monoisotopic (exact) mass is 350 g/mol. The molecule has 7 nitrogen and oxygen atoms in total. The van der Waals surface area contributed by atoms with Crippen molar-refractivity contribution >= 4 is 23.3 Å². The van der Waals surface area contributed by atoms with E-state index in [1.54, 1.807) is 20.8 Å². The lowest BCUT2D eigenvalue weighted by Gasteiger charge is -2.10. The molecule has 0 saturated heterocycles. The van der Waals surface area contributed by atoms with E-state index in [1.807, 2.05) is 6.92 Å². The van der Waals surface area contributed by atoms with Gasteiger partial charge in [-0.05, 0) is 39.7 Å². The summed E-state index contributed by atoms with van der Waals surface area (Å²) >= 11 is 1.23. The number of hydrogen-bond donors (Lipinski definition) is 2. The van der Waals surface area contributed by atoms with Gasteiger partial charge in [0, 0.05) is 17.8 Å². The van der Waals surface area contributed by atoms with Crippen molar-refractivity contribution < 1.29 is 9.59 Å². The molecule has 0 bridgehead atoms. The van der Waals surface area contributed by atoms with Crippen LogP contribution in [0.15, 0.2) is 9.95 Å². The maximum atomic E-state index is 12.7. The first-order valence-electron chi connectivity index (χ1n) is 7.84. The zero-order valence-electron chi connectivity index (χ0n) is 14.5. The zero-order chi connectivity index (χ0) is 18.0. The minimum absolute atomic E-state index is 0.0651. The Morgan fingerprint density at radius 3 is 2.54 bits per heavy atom. The van der Waals surface area contributed by atoms with Gasteiger partial charge in [-0.3, -0.25) is 14.2 Å². The number of carbonyl (C=O) groups is 2. The number of nitrogens with zero attached hydrogens (tertiary/aromatic N) is 2. The molecule has 2 aromatic heterocycles. The predicted octanol–water partition coefficient (Wildman–Crippen LogP) is 2.49. The van der Waals surface area contributed by atoms with Gasteiger partial charge in [-0.1, -0.05) is 18.7 Å². The maximum Gasteiger partial charge on any atom is 0.343 e. The molecule has 2 aromatic rings. The minimum Gasteiger partial charge on any atom is -0.355 e. The van der Waals surface area contributed by atoms with E-state index in [4.69, 9.17) is 0 Å². The Labute approximate surface area is 144 Å². The van der Waals surface area contributed by atoms with Gasteiger partial charge in [0.2, 0.25) is 0 Å². The van der Waals surface area contributed by atoms with E-state index in [-0.39, 0.29) is 17.3 Å². The molecule has 8 heteroatoms. The summed E-state index contributed by atoms with van der Waals surface area (Å²) in [6.45, 7) is 9.33. The molecule has 24 heavy (non-hydrogen) atoms. The molecular formula is C16H22N4O3S. The molecule has 0 aromatic carbocycles. The van der Waals surface area contributed by atoms with E-state index < -0.39 is 5.25 Å². The molecule has 0 spiro atoms. The Hall–Kier alpha value is -2.09. The van der Waals surface area contributed by atoms with E-state index in [0.717, 1.165) is 6.42 Å². The summed E-state index contributed by atoms with van der Waals surface area (Å²) in [4.78, 5) is 39.2. The fourth-order valence-corrected chi connectivity index (χ4v) is 3.69. The number of aromatic amines is 2. The van der Waals surface area contributed by atoms with Gasteiger partial charge in [-0.15, -0.1) is 5.10 Å². The summed E-state index contributed by atoms with van der Waals surface area (Å²) in [6.07, 6.45) is 0.798. The van der Waals surface area contributed by atoms with Gasteiger partial charge in [0.1, 0.15) is 0 Å². The number of carbonyl (C=O) groups excluding carboxylic acids is 2. The molecule has 0 aliphatic heterocycles. The fourth-order valence-electron chi connectivity index (χ4n) is 2.75. The highest BCUT2D eigenvalue weighted by molar-refractivity contribution is 8.00. The lowest BCUT2D eigenvalue weighted by molar-refractivity contribution is 0.0988. The van der Waals surface area contributed by atoms with Gasteiger partial charge in [0.05, 0.1) is 10.9 Å². The van der Waals surface area contributed by atoms with Gasteiger partial charge in [-0.25, -0.2) is 9.89 Å². The summed E-state index contributed by atoms with van der Waals surface area (Å²) in [5.74, 6) is -0.184. The average Bonchev–Trinajstić information content (AvgIpc) is 3.00. The van der Waals surface area contributed by atoms with Gasteiger partial charge in [0.15, 0.2) is 16.7 Å². The number of thioether (sulfide) groups is 1. The molecule has 0 radical (unpaired) electrons. The van der Waals surface area contributed by atoms with Crippen LogP contribution in [0.2, 0.25) is 0 Å². The van der Waals surface area contributed by atoms with Crippen LogP contribution in [0.1, 0.15) is 59.3 Å². The van der Waals surface area contributed by atoms with Crippen molar-refractivity contribution in [2.75, 3.05) is 0 Å². The Bertz CT molecular complexity index is 831. The van der Waals surface area contributed by atoms with Crippen molar-refractivity contribution in [2.24, 2.45) is 0 Å². The quantitative estimate of drug-likeness (QED) is 0.590. The standard InChI is InChI=1S/C16H22N4O3S/c1-6-7-20-15(23)18-19-16(20)24-11(5)14(22)13-8(2)12(10(4)21)9(3)17-13/h11,17H,6-7H2,1-5H3,(H,18,23)/t11-/m1/s1. The second-order valence-electron chi connectivity index (χ2n) is 5.77. The third kappa shape index (κ3) is 3.38. The van der Waals surface area contributed by atoms with Crippen LogP contribution >= 0.6 is 11.8 Å². The van der Waals surface area contributed by atoms with Crippen LogP contribution in [0.5, 0.6) is 0 Å². The van der Waals surface area contributed by atoms with Crippen molar-refractivity contribution in [3.8, 4) is 0 Å². The molecule has 0 aliphatic rings. The van der Waals surface area contributed by atoms with Crippen molar-refractivity contribution in [1.82, 2.24) is 19.7 Å². The topological polar surface area (TPSA) is 101 Å². The van der Waals surface area contributed by atoms with Crippen molar-refractivity contribution in [3.63, 3.8) is 0 Å². The number of rotatable bonds is 7. The normalized spacial score (nSPS) is 12.4. The van der Waals surface area contributed by atoms with Crippen LogP contribution in [-0.4, -0.2) is 36.6 Å². The number of nitrogens with one attached hydrogen (secondary N) is 2. The first kappa shape index (κ1) is 18.3. The number of ketones is 2. The summed E-state index contributed by atoms with van der Waals surface area (Å²) < 4.78 is 1.53. The Kier molecular flexibility index (Phi) is 5.48. The van der Waals surface area contributed by atoms with Crippen molar-refractivity contribution in [3.05, 3.63) is 33.0 Å². The second kappa shape index (κ2) is 7.21. The third-order valence-corrected chi connectivity index (χ3v) is 4.95. The van der Waals surface area contributed by atoms with Gasteiger partial charge < -0.3 is 4.98 Å². The first-order valence-corrected chi connectivity index (χ1v) is 8.72. The first-order chi connectivity index (χ1) is 11.3. The van der Waals surface area contributed by atoms with Gasteiger partial charge in [-0.2, -0.15) is 0 Å². The Balaban J connectivity index is 2.27. The Morgan fingerprint density at radius 2 is 2.00 bits per heavy atom. The maximum absolute atomic E-state index is 12.7. The van der Waals surface area contributed by atoms with E-state index in [0.29, 0.717) is 34.2 Å². The van der Waals surface area contributed by atoms with Crippen LogP contribution in [0, 0.1) is 13.8 Å². The highest BCUT2D eigenvalue weighted by atomic mass is 32.2. The lowest BCUT2D eigenvalue weighted by atomic mass is 10.0. The number of H-pyrrole nitrogens is 2. The molecule has 2 rings (SSSR count). The molecule has 1 atom stereocenters. The SMILES string of the molecule is CCCn1c(S[C@H](C)C(=O)c2[nH]c(C)c(C(C)=O)c2C)n[nH]c1=O. The fraction of sp³-hybridized carbons (Fsp3) is 0.500. The van der Waals surface area contributed by atoms with E-state index in [2.05, 4.69) is 15.2 Å². The van der Waals surface area contributed by atoms with Crippen LogP contribution in [-0.2, 0) is 6.54 Å². The molecule has 0 amide bonds. The molecule has 2 N–H and O–H groups in total. The smallest absolute Gasteiger partial charge is 0.343 e. The third-order valence-electron chi connectivity index (χ3n) is 3.86. The molecule has 0 unspecified atom stereocenters. The highest BCUT2D eigenvalue weighted by Gasteiger charge is 2.25. The van der Waals surface area contributed by atoms with Crippen LogP contribution in [0.4, 0.5) is 0 Å². The lowest BCUT2D eigenvalue weighted by Crippen LogP contribution is -2.20. The highest BCUT2D eigenvalue weighted by Crippen LogP contribution is 2.26. The summed E-state index contributed by atoms with van der Waals surface area (Å²) in [5, 5.41) is 6.47. The molecule has 0 aliphatic carbocycles. The molecule has 130 valence electrons. The predicted molar refractivity (Wildman–Crippen MR) is 93.1 cm³/mol. The molecule has 0 fully saturated rings. The number of aromatic nitrogens is 4. The van der Waals surface area contributed by atoms with Crippen molar-refractivity contribution in [2.45, 2.75) is 58.0 Å². The van der Waals surface area contributed by atoms with Gasteiger partial charge >= 0.3 is 5.69 Å². The van der Waals surface area contributed by atoms with E-state index >= 15 is 0 Å². The van der Waals surface area contributed by atoms with E-state index in [9.17, 15) is 14.4 Å². The zero-order valence-corrected chi connectivity index (χ0v) is 15.3. The summed E-state index contributed by atoms with van der Waals surface area (Å²) in [5.41, 5.74) is 2.11. The number of Topliss-reactive ketones (excluding diaryl/α,β-unsaturated/α-hetero) is 2. The van der Waals surface area contributed by atoms with Gasteiger partial charge in [0.25, 0.3) is 0 Å². The molecule has 0 saturated carbocycles. The largest absolute Gasteiger partial charge is 0.355 e. The summed E-state index contributed by atoms with van der Waals surface area (Å²) in [6, 6.07) is 0. The number of aryl methyl sites for hydroxylation is 1. The minimum atomic E-state index is -0.438. The summed E-state index contributed by atoms with van der Waals surface area (Å²) in [7, 11) is 0. The number of hydrogen-bond acceptors (Lipinski definition) is 5. The van der Waals surface area contributed by atoms with E-state index in [1.165, 1.54) is 23.3 Å². The van der Waals surface area contributed by atoms with Crippen LogP contribution < -0.4 is 5.69 Å². The molecule has 2 heterocycles. The van der Waals surface area contributed by atoms with Crippen LogP contribution in [0.3, 0.4) is 0 Å². The average molecular weight is 350 g/mol. The van der Waals surface area contributed by atoms with Crippen LogP contribution in [0.25, 0.3) is 0 Å². The van der Waals surface area contributed by atoms with Crippen molar-refractivity contribution in [1.29, 1.82) is 0 Å². The second-order valence-corrected chi connectivity index (χ2v) is 7.08. The Morgan fingerprint density at radius 1 is 1.33 bits per heavy atom.